The predicted molar refractivity (Wildman–Crippen MR) is 55.7 cm³/mol. The van der Waals surface area contributed by atoms with Gasteiger partial charge in [0.15, 0.2) is 0 Å². The molecule has 0 bridgehead atoms. The smallest absolute Gasteiger partial charge is 0.127 e. The first-order valence-corrected chi connectivity index (χ1v) is 5.03. The van der Waals surface area contributed by atoms with Crippen LogP contribution in [-0.2, 0) is 11.2 Å². The Hall–Kier alpha value is -0.450. The molecule has 0 fully saturated rings. The number of methoxy groups -OCH3 is 1. The summed E-state index contributed by atoms with van der Waals surface area (Å²) in [5, 5.41) is 9.39. The molecular weight excluding hydrogens is 251 g/mol. The van der Waals surface area contributed by atoms with Crippen LogP contribution in [0, 0.1) is 5.82 Å². The van der Waals surface area contributed by atoms with Crippen LogP contribution in [0.1, 0.15) is 5.56 Å². The van der Waals surface area contributed by atoms with Gasteiger partial charge in [-0.2, -0.15) is 0 Å². The van der Waals surface area contributed by atoms with Crippen LogP contribution in [0.25, 0.3) is 0 Å². The fourth-order valence-electron chi connectivity index (χ4n) is 1.19. The highest BCUT2D eigenvalue weighted by molar-refractivity contribution is 9.10. The van der Waals surface area contributed by atoms with Gasteiger partial charge in [-0.15, -0.1) is 0 Å². The van der Waals surface area contributed by atoms with E-state index in [0.29, 0.717) is 10.0 Å². The average molecular weight is 263 g/mol. The Morgan fingerprint density at radius 2 is 2.29 bits per heavy atom. The molecule has 0 saturated carbocycles. The second-order valence-electron chi connectivity index (χ2n) is 3.05. The molecule has 78 valence electrons. The van der Waals surface area contributed by atoms with E-state index in [0.717, 1.165) is 0 Å². The zero-order chi connectivity index (χ0) is 10.6. The molecule has 0 aliphatic carbocycles. The Morgan fingerprint density at radius 1 is 1.57 bits per heavy atom. The van der Waals surface area contributed by atoms with Crippen LogP contribution in [0.4, 0.5) is 4.39 Å². The van der Waals surface area contributed by atoms with Crippen LogP contribution in [0.5, 0.6) is 0 Å². The van der Waals surface area contributed by atoms with E-state index in [-0.39, 0.29) is 18.8 Å². The van der Waals surface area contributed by atoms with Gasteiger partial charge >= 0.3 is 0 Å². The lowest BCUT2D eigenvalue weighted by Crippen LogP contribution is -2.17. The fraction of sp³-hybridized carbons (Fsp3) is 0.400. The summed E-state index contributed by atoms with van der Waals surface area (Å²) in [5.41, 5.74) is 0.498. The fourth-order valence-corrected chi connectivity index (χ4v) is 1.53. The molecule has 0 amide bonds. The Bertz CT molecular complexity index is 304. The van der Waals surface area contributed by atoms with E-state index in [2.05, 4.69) is 15.9 Å². The quantitative estimate of drug-likeness (QED) is 0.901. The molecule has 1 N–H and O–H groups in total. The largest absolute Gasteiger partial charge is 0.390 e. The van der Waals surface area contributed by atoms with Crippen molar-refractivity contribution < 1.29 is 14.2 Å². The minimum absolute atomic E-state index is 0.218. The lowest BCUT2D eigenvalue weighted by atomic mass is 10.1. The number of aliphatic hydroxyl groups excluding tert-OH is 1. The van der Waals surface area contributed by atoms with E-state index >= 15 is 0 Å². The van der Waals surface area contributed by atoms with E-state index in [1.807, 2.05) is 0 Å². The third-order valence-corrected chi connectivity index (χ3v) is 2.32. The maximum absolute atomic E-state index is 13.3. The monoisotopic (exact) mass is 262 g/mol. The lowest BCUT2D eigenvalue weighted by molar-refractivity contribution is 0.0645. The summed E-state index contributed by atoms with van der Waals surface area (Å²) in [6, 6.07) is 4.78. The van der Waals surface area contributed by atoms with Gasteiger partial charge in [0, 0.05) is 18.0 Å². The van der Waals surface area contributed by atoms with Gasteiger partial charge in [0.25, 0.3) is 0 Å². The molecule has 0 spiro atoms. The van der Waals surface area contributed by atoms with E-state index in [1.165, 1.54) is 13.2 Å². The molecule has 0 aliphatic rings. The molecule has 14 heavy (non-hydrogen) atoms. The minimum atomic E-state index is -0.657. The number of hydrogen-bond acceptors (Lipinski definition) is 2. The molecule has 0 heterocycles. The molecule has 0 aliphatic heterocycles. The number of benzene rings is 1. The summed E-state index contributed by atoms with van der Waals surface area (Å²) in [6.07, 6.45) is -0.386. The van der Waals surface area contributed by atoms with Crippen LogP contribution in [-0.4, -0.2) is 24.9 Å². The van der Waals surface area contributed by atoms with Crippen molar-refractivity contribution in [2.45, 2.75) is 12.5 Å². The molecule has 0 saturated heterocycles. The Morgan fingerprint density at radius 3 is 2.86 bits per heavy atom. The van der Waals surface area contributed by atoms with Gasteiger partial charge in [0.1, 0.15) is 5.82 Å². The van der Waals surface area contributed by atoms with E-state index in [1.54, 1.807) is 12.1 Å². The van der Waals surface area contributed by atoms with Crippen molar-refractivity contribution in [3.63, 3.8) is 0 Å². The standard InChI is InChI=1S/C10H12BrFO2/c1-14-6-9(13)4-7-2-3-8(11)5-10(7)12/h2-3,5,9,13H,4,6H2,1H3. The summed E-state index contributed by atoms with van der Waals surface area (Å²) >= 11 is 3.17. The highest BCUT2D eigenvalue weighted by Gasteiger charge is 2.09. The Balaban J connectivity index is 2.67. The van der Waals surface area contributed by atoms with Crippen LogP contribution in [0.3, 0.4) is 0 Å². The minimum Gasteiger partial charge on any atom is -0.390 e. The van der Waals surface area contributed by atoms with Crippen molar-refractivity contribution >= 4 is 15.9 Å². The van der Waals surface area contributed by atoms with Gasteiger partial charge in [-0.25, -0.2) is 4.39 Å². The first kappa shape index (κ1) is 11.6. The molecule has 4 heteroatoms. The molecule has 1 aromatic rings. The SMILES string of the molecule is COCC(O)Cc1ccc(Br)cc1F. The van der Waals surface area contributed by atoms with Crippen LogP contribution in [0.2, 0.25) is 0 Å². The number of halogens is 2. The van der Waals surface area contributed by atoms with Gasteiger partial charge < -0.3 is 9.84 Å². The topological polar surface area (TPSA) is 29.5 Å². The maximum atomic E-state index is 13.3. The van der Waals surface area contributed by atoms with Crippen molar-refractivity contribution in [2.75, 3.05) is 13.7 Å². The molecule has 1 atom stereocenters. The summed E-state index contributed by atoms with van der Waals surface area (Å²) in [6.45, 7) is 0.218. The van der Waals surface area contributed by atoms with Crippen LogP contribution >= 0.6 is 15.9 Å². The third kappa shape index (κ3) is 3.36. The van der Waals surface area contributed by atoms with E-state index in [9.17, 15) is 9.50 Å². The van der Waals surface area contributed by atoms with Crippen molar-refractivity contribution in [3.8, 4) is 0 Å². The van der Waals surface area contributed by atoms with E-state index in [4.69, 9.17) is 4.74 Å². The second kappa shape index (κ2) is 5.44. The van der Waals surface area contributed by atoms with Crippen LogP contribution in [0.15, 0.2) is 22.7 Å². The van der Waals surface area contributed by atoms with Crippen molar-refractivity contribution in [1.82, 2.24) is 0 Å². The van der Waals surface area contributed by atoms with Gasteiger partial charge in [0.05, 0.1) is 12.7 Å². The average Bonchev–Trinajstić information content (AvgIpc) is 2.10. The number of aliphatic hydroxyl groups is 1. The summed E-state index contributed by atoms with van der Waals surface area (Å²) in [4.78, 5) is 0. The predicted octanol–water partition coefficient (Wildman–Crippen LogP) is 2.14. The summed E-state index contributed by atoms with van der Waals surface area (Å²) in [5.74, 6) is -0.311. The normalized spacial score (nSPS) is 12.9. The first-order chi connectivity index (χ1) is 6.63. The lowest BCUT2D eigenvalue weighted by Gasteiger charge is -2.09. The van der Waals surface area contributed by atoms with Gasteiger partial charge in [-0.05, 0) is 17.7 Å². The molecule has 0 aromatic heterocycles. The van der Waals surface area contributed by atoms with Crippen molar-refractivity contribution in [1.29, 1.82) is 0 Å². The summed E-state index contributed by atoms with van der Waals surface area (Å²) in [7, 11) is 1.50. The van der Waals surface area contributed by atoms with Crippen molar-refractivity contribution in [3.05, 3.63) is 34.1 Å². The van der Waals surface area contributed by atoms with Gasteiger partial charge in [-0.1, -0.05) is 22.0 Å². The van der Waals surface area contributed by atoms with Crippen molar-refractivity contribution in [2.24, 2.45) is 0 Å². The van der Waals surface area contributed by atoms with Crippen LogP contribution < -0.4 is 0 Å². The van der Waals surface area contributed by atoms with Gasteiger partial charge in [-0.3, -0.25) is 0 Å². The maximum Gasteiger partial charge on any atom is 0.127 e. The molecule has 1 rings (SSSR count). The molecule has 2 nitrogen and oxygen atoms in total. The highest BCUT2D eigenvalue weighted by Crippen LogP contribution is 2.16. The Labute approximate surface area is 90.8 Å². The molecular formula is C10H12BrFO2. The molecule has 0 radical (unpaired) electrons. The molecule has 1 unspecified atom stereocenters. The number of hydrogen-bond donors (Lipinski definition) is 1. The first-order valence-electron chi connectivity index (χ1n) is 4.24. The van der Waals surface area contributed by atoms with E-state index < -0.39 is 6.10 Å². The highest BCUT2D eigenvalue weighted by atomic mass is 79.9. The zero-order valence-electron chi connectivity index (χ0n) is 7.84. The number of rotatable bonds is 4. The zero-order valence-corrected chi connectivity index (χ0v) is 9.42. The van der Waals surface area contributed by atoms with Gasteiger partial charge in [0.2, 0.25) is 0 Å². The number of ether oxygens (including phenoxy) is 1. The third-order valence-electron chi connectivity index (χ3n) is 1.83. The Kier molecular flexibility index (Phi) is 4.51. The molecule has 1 aromatic carbocycles. The second-order valence-corrected chi connectivity index (χ2v) is 3.96. The summed E-state index contributed by atoms with van der Waals surface area (Å²) < 4.78 is 18.7.